The molecule has 5 rings (SSSR count). The van der Waals surface area contributed by atoms with Crippen molar-refractivity contribution in [3.8, 4) is 11.4 Å². The number of nitrogens with one attached hydrogen (secondary N) is 1. The SMILES string of the molecule is O=C(NC1CCCC1)C(c1ccncc1)N(Cc1ccccc1)C(=O)Cn1nnc(-c2ccc(F)cc2)n1. The number of carbonyl (C=O) groups excluding carboxylic acids is 2. The van der Waals surface area contributed by atoms with Gasteiger partial charge >= 0.3 is 0 Å². The number of tetrazole rings is 1. The first-order valence-corrected chi connectivity index (χ1v) is 12.6. The second kappa shape index (κ2) is 11.7. The molecule has 2 aromatic carbocycles. The highest BCUT2D eigenvalue weighted by atomic mass is 19.1. The van der Waals surface area contributed by atoms with Crippen LogP contribution in [0.4, 0.5) is 4.39 Å². The molecule has 1 atom stereocenters. The number of hydrogen-bond acceptors (Lipinski definition) is 6. The van der Waals surface area contributed by atoms with Crippen LogP contribution in [0, 0.1) is 5.82 Å². The highest BCUT2D eigenvalue weighted by molar-refractivity contribution is 5.88. The number of aromatic nitrogens is 5. The molecule has 2 heterocycles. The Hall–Kier alpha value is -4.47. The van der Waals surface area contributed by atoms with Gasteiger partial charge in [-0.1, -0.05) is 43.2 Å². The average Bonchev–Trinajstić information content (AvgIpc) is 3.62. The summed E-state index contributed by atoms with van der Waals surface area (Å²) in [4.78, 5) is 34.4. The molecular weight excluding hydrogens is 485 g/mol. The van der Waals surface area contributed by atoms with Gasteiger partial charge in [0.15, 0.2) is 0 Å². The maximum Gasteiger partial charge on any atom is 0.247 e. The van der Waals surface area contributed by atoms with E-state index in [1.807, 2.05) is 30.3 Å². The smallest absolute Gasteiger partial charge is 0.247 e. The molecule has 10 heteroatoms. The van der Waals surface area contributed by atoms with Gasteiger partial charge in [0, 0.05) is 30.5 Å². The second-order valence-electron chi connectivity index (χ2n) is 9.33. The molecule has 0 saturated heterocycles. The van der Waals surface area contributed by atoms with Crippen LogP contribution in [0.1, 0.15) is 42.9 Å². The first kappa shape index (κ1) is 25.2. The fourth-order valence-electron chi connectivity index (χ4n) is 4.71. The maximum absolute atomic E-state index is 13.8. The van der Waals surface area contributed by atoms with Crippen LogP contribution < -0.4 is 5.32 Å². The van der Waals surface area contributed by atoms with Gasteiger partial charge < -0.3 is 10.2 Å². The zero-order valence-corrected chi connectivity index (χ0v) is 20.8. The van der Waals surface area contributed by atoms with Crippen molar-refractivity contribution in [2.75, 3.05) is 0 Å². The number of hydrogen-bond donors (Lipinski definition) is 1. The molecule has 2 amide bonds. The number of amides is 2. The second-order valence-corrected chi connectivity index (χ2v) is 9.33. The third-order valence-electron chi connectivity index (χ3n) is 6.63. The van der Waals surface area contributed by atoms with Crippen molar-refractivity contribution in [3.63, 3.8) is 0 Å². The summed E-state index contributed by atoms with van der Waals surface area (Å²) in [6.45, 7) is -0.0103. The highest BCUT2D eigenvalue weighted by Crippen LogP contribution is 2.26. The molecule has 0 bridgehead atoms. The van der Waals surface area contributed by atoms with Gasteiger partial charge in [0.25, 0.3) is 0 Å². The van der Waals surface area contributed by atoms with Gasteiger partial charge in [-0.15, -0.1) is 10.2 Å². The fraction of sp³-hybridized carbons (Fsp3) is 0.286. The molecule has 1 saturated carbocycles. The summed E-state index contributed by atoms with van der Waals surface area (Å²) in [5.41, 5.74) is 2.13. The number of benzene rings is 2. The van der Waals surface area contributed by atoms with Crippen LogP contribution in [-0.2, 0) is 22.7 Å². The first-order chi connectivity index (χ1) is 18.6. The van der Waals surface area contributed by atoms with Gasteiger partial charge in [0.2, 0.25) is 17.6 Å². The molecule has 1 N–H and O–H groups in total. The van der Waals surface area contributed by atoms with Crippen molar-refractivity contribution < 1.29 is 14.0 Å². The lowest BCUT2D eigenvalue weighted by molar-refractivity contribution is -0.142. The van der Waals surface area contributed by atoms with Crippen LogP contribution in [0.15, 0.2) is 79.1 Å². The zero-order valence-electron chi connectivity index (χ0n) is 20.8. The zero-order chi connectivity index (χ0) is 26.3. The van der Waals surface area contributed by atoms with Crippen molar-refractivity contribution in [3.05, 3.63) is 96.1 Å². The summed E-state index contributed by atoms with van der Waals surface area (Å²) in [6.07, 6.45) is 7.24. The molecule has 0 radical (unpaired) electrons. The Labute approximate surface area is 219 Å². The maximum atomic E-state index is 13.8. The van der Waals surface area contributed by atoms with Crippen molar-refractivity contribution in [1.29, 1.82) is 0 Å². The molecule has 38 heavy (non-hydrogen) atoms. The minimum Gasteiger partial charge on any atom is -0.351 e. The molecule has 194 valence electrons. The van der Waals surface area contributed by atoms with Crippen LogP contribution in [0.5, 0.6) is 0 Å². The first-order valence-electron chi connectivity index (χ1n) is 12.6. The molecule has 9 nitrogen and oxygen atoms in total. The molecule has 1 aliphatic carbocycles. The number of carbonyl (C=O) groups is 2. The Kier molecular flexibility index (Phi) is 7.77. The predicted octanol–water partition coefficient (Wildman–Crippen LogP) is 3.70. The lowest BCUT2D eigenvalue weighted by Gasteiger charge is -2.32. The fourth-order valence-corrected chi connectivity index (χ4v) is 4.71. The number of nitrogens with zero attached hydrogens (tertiary/aromatic N) is 6. The van der Waals surface area contributed by atoms with E-state index in [1.54, 1.807) is 41.6 Å². The van der Waals surface area contributed by atoms with Crippen molar-refractivity contribution in [1.82, 2.24) is 35.4 Å². The number of halogens is 1. The van der Waals surface area contributed by atoms with E-state index in [0.29, 0.717) is 11.1 Å². The van der Waals surface area contributed by atoms with Gasteiger partial charge in [0.1, 0.15) is 18.4 Å². The third-order valence-corrected chi connectivity index (χ3v) is 6.63. The van der Waals surface area contributed by atoms with Crippen LogP contribution in [0.25, 0.3) is 11.4 Å². The Bertz CT molecular complexity index is 1360. The van der Waals surface area contributed by atoms with E-state index in [0.717, 1.165) is 31.2 Å². The summed E-state index contributed by atoms with van der Waals surface area (Å²) in [5, 5.41) is 15.5. The van der Waals surface area contributed by atoms with Crippen LogP contribution in [0.2, 0.25) is 0 Å². The van der Waals surface area contributed by atoms with Gasteiger partial charge in [-0.25, -0.2) is 4.39 Å². The van der Waals surface area contributed by atoms with E-state index in [-0.39, 0.29) is 42.6 Å². The lowest BCUT2D eigenvalue weighted by Crippen LogP contribution is -2.46. The van der Waals surface area contributed by atoms with E-state index in [1.165, 1.54) is 16.9 Å². The summed E-state index contributed by atoms with van der Waals surface area (Å²) in [5.74, 6) is -0.672. The van der Waals surface area contributed by atoms with Gasteiger partial charge in [-0.05, 0) is 65.6 Å². The monoisotopic (exact) mass is 513 g/mol. The van der Waals surface area contributed by atoms with Gasteiger partial charge in [0.05, 0.1) is 0 Å². The average molecular weight is 514 g/mol. The van der Waals surface area contributed by atoms with Crippen LogP contribution >= 0.6 is 0 Å². The Morgan fingerprint density at radius 3 is 2.42 bits per heavy atom. The Balaban J connectivity index is 1.44. The molecule has 1 aliphatic rings. The molecular formula is C28H28FN7O2. The molecule has 2 aromatic heterocycles. The van der Waals surface area contributed by atoms with E-state index in [9.17, 15) is 14.0 Å². The largest absolute Gasteiger partial charge is 0.351 e. The molecule has 4 aromatic rings. The molecule has 1 fully saturated rings. The standard InChI is InChI=1S/C28H28FN7O2/c29-23-12-10-22(11-13-23)27-32-34-36(33-27)19-25(37)35(18-20-6-2-1-3-7-20)26(21-14-16-30-17-15-21)28(38)31-24-8-4-5-9-24/h1-3,6-7,10-17,24,26H,4-5,8-9,18-19H2,(H,31,38). The van der Waals surface area contributed by atoms with E-state index in [2.05, 4.69) is 25.7 Å². The summed E-state index contributed by atoms with van der Waals surface area (Å²) in [7, 11) is 0. The minimum absolute atomic E-state index is 0.0933. The summed E-state index contributed by atoms with van der Waals surface area (Å²) >= 11 is 0. The predicted molar refractivity (Wildman–Crippen MR) is 138 cm³/mol. The lowest BCUT2D eigenvalue weighted by atomic mass is 10.0. The summed E-state index contributed by atoms with van der Waals surface area (Å²) in [6, 6.07) is 18.0. The van der Waals surface area contributed by atoms with Crippen molar-refractivity contribution in [2.45, 2.75) is 50.9 Å². The quantitative estimate of drug-likeness (QED) is 0.366. The topological polar surface area (TPSA) is 106 Å². The Morgan fingerprint density at radius 2 is 1.71 bits per heavy atom. The Morgan fingerprint density at radius 1 is 1.00 bits per heavy atom. The third kappa shape index (κ3) is 6.08. The molecule has 1 unspecified atom stereocenters. The molecule has 0 aliphatic heterocycles. The number of rotatable bonds is 9. The minimum atomic E-state index is -0.869. The van der Waals surface area contributed by atoms with Crippen LogP contribution in [-0.4, -0.2) is 47.9 Å². The molecule has 0 spiro atoms. The van der Waals surface area contributed by atoms with E-state index in [4.69, 9.17) is 0 Å². The van der Waals surface area contributed by atoms with Gasteiger partial charge in [-0.2, -0.15) is 4.80 Å². The normalized spacial score (nSPS) is 14.2. The van der Waals surface area contributed by atoms with E-state index >= 15 is 0 Å². The highest BCUT2D eigenvalue weighted by Gasteiger charge is 2.33. The van der Waals surface area contributed by atoms with Crippen molar-refractivity contribution in [2.24, 2.45) is 0 Å². The van der Waals surface area contributed by atoms with E-state index < -0.39 is 6.04 Å². The van der Waals surface area contributed by atoms with Gasteiger partial charge in [-0.3, -0.25) is 14.6 Å². The number of pyridine rings is 1. The van der Waals surface area contributed by atoms with Crippen LogP contribution in [0.3, 0.4) is 0 Å². The van der Waals surface area contributed by atoms with Crippen molar-refractivity contribution >= 4 is 11.8 Å². The summed E-state index contributed by atoms with van der Waals surface area (Å²) < 4.78 is 13.3.